The van der Waals surface area contributed by atoms with Gasteiger partial charge in [-0.2, -0.15) is 5.26 Å². The van der Waals surface area contributed by atoms with Crippen molar-refractivity contribution in [3.05, 3.63) is 48.0 Å². The highest BCUT2D eigenvalue weighted by Gasteiger charge is 2.18. The zero-order valence-corrected chi connectivity index (χ0v) is 11.5. The summed E-state index contributed by atoms with van der Waals surface area (Å²) < 4.78 is 1.84. The fourth-order valence-corrected chi connectivity index (χ4v) is 2.02. The maximum atomic E-state index is 12.3. The molecule has 5 heteroatoms. The number of nitriles is 1. The van der Waals surface area contributed by atoms with Gasteiger partial charge in [-0.3, -0.25) is 4.79 Å². The molecule has 0 saturated heterocycles. The number of hydrogen-bond acceptors (Lipinski definition) is 3. The monoisotopic (exact) mass is 268 g/mol. The topological polar surface area (TPSA) is 70.7 Å². The Balaban J connectivity index is 2.18. The molecule has 0 aliphatic carbocycles. The summed E-state index contributed by atoms with van der Waals surface area (Å²) in [5.41, 5.74) is 0.986. The van der Waals surface area contributed by atoms with Gasteiger partial charge in [0, 0.05) is 18.8 Å². The number of imidazole rings is 1. The van der Waals surface area contributed by atoms with Crippen molar-refractivity contribution in [3.8, 4) is 6.07 Å². The minimum atomic E-state index is -0.376. The van der Waals surface area contributed by atoms with Crippen LogP contribution in [0.5, 0.6) is 0 Å². The van der Waals surface area contributed by atoms with Crippen molar-refractivity contribution in [2.45, 2.75) is 26.3 Å². The van der Waals surface area contributed by atoms with Gasteiger partial charge in [0.2, 0.25) is 5.91 Å². The molecule has 0 fully saturated rings. The van der Waals surface area contributed by atoms with Gasteiger partial charge in [0.1, 0.15) is 17.9 Å². The first-order valence-corrected chi connectivity index (χ1v) is 6.49. The van der Waals surface area contributed by atoms with Crippen LogP contribution in [-0.2, 0) is 11.2 Å². The zero-order valence-electron chi connectivity index (χ0n) is 11.5. The van der Waals surface area contributed by atoms with Gasteiger partial charge in [-0.25, -0.2) is 4.98 Å². The van der Waals surface area contributed by atoms with E-state index in [0.29, 0.717) is 11.3 Å². The van der Waals surface area contributed by atoms with Crippen LogP contribution in [0.1, 0.15) is 31.3 Å². The standard InChI is InChI=1S/C15H16N4O/c1-3-14-17-8-9-19(14)11(2)15(20)18-13-7-5-4-6-12(13)10-16/h4-9,11H,3H2,1-2H3,(H,18,20). The van der Waals surface area contributed by atoms with Crippen molar-refractivity contribution >= 4 is 11.6 Å². The van der Waals surface area contributed by atoms with Crippen LogP contribution in [0.15, 0.2) is 36.7 Å². The highest BCUT2D eigenvalue weighted by atomic mass is 16.2. The van der Waals surface area contributed by atoms with Crippen LogP contribution in [0.4, 0.5) is 5.69 Å². The van der Waals surface area contributed by atoms with E-state index in [1.54, 1.807) is 36.7 Å². The Bertz CT molecular complexity index is 654. The van der Waals surface area contributed by atoms with Gasteiger partial charge in [0.25, 0.3) is 0 Å². The third-order valence-electron chi connectivity index (χ3n) is 3.17. The van der Waals surface area contributed by atoms with E-state index < -0.39 is 0 Å². The van der Waals surface area contributed by atoms with Crippen molar-refractivity contribution < 1.29 is 4.79 Å². The highest BCUT2D eigenvalue weighted by Crippen LogP contribution is 2.17. The second-order valence-corrected chi connectivity index (χ2v) is 4.43. The maximum absolute atomic E-state index is 12.3. The summed E-state index contributed by atoms with van der Waals surface area (Å²) in [6.45, 7) is 3.81. The second-order valence-electron chi connectivity index (χ2n) is 4.43. The number of nitrogens with one attached hydrogen (secondary N) is 1. The van der Waals surface area contributed by atoms with Crippen LogP contribution >= 0.6 is 0 Å². The fraction of sp³-hybridized carbons (Fsp3) is 0.267. The quantitative estimate of drug-likeness (QED) is 0.926. The Morgan fingerprint density at radius 2 is 2.25 bits per heavy atom. The summed E-state index contributed by atoms with van der Waals surface area (Å²) in [7, 11) is 0. The van der Waals surface area contributed by atoms with Crippen molar-refractivity contribution in [1.29, 1.82) is 5.26 Å². The summed E-state index contributed by atoms with van der Waals surface area (Å²) in [5.74, 6) is 0.696. The summed E-state index contributed by atoms with van der Waals surface area (Å²) in [4.78, 5) is 16.5. The van der Waals surface area contributed by atoms with Gasteiger partial charge >= 0.3 is 0 Å². The molecule has 2 aromatic rings. The van der Waals surface area contributed by atoms with Crippen LogP contribution < -0.4 is 5.32 Å². The molecule has 2 rings (SSSR count). The molecule has 20 heavy (non-hydrogen) atoms. The first kappa shape index (κ1) is 13.8. The summed E-state index contributed by atoms with van der Waals surface area (Å²) in [6, 6.07) is 8.64. The van der Waals surface area contributed by atoms with Crippen molar-refractivity contribution in [2.75, 3.05) is 5.32 Å². The van der Waals surface area contributed by atoms with E-state index in [4.69, 9.17) is 5.26 Å². The Labute approximate surface area is 117 Å². The minimum Gasteiger partial charge on any atom is -0.323 e. The van der Waals surface area contributed by atoms with Gasteiger partial charge in [0.05, 0.1) is 11.3 Å². The van der Waals surface area contributed by atoms with Crippen LogP contribution in [0.3, 0.4) is 0 Å². The molecule has 1 N–H and O–H groups in total. The SMILES string of the molecule is CCc1nccn1C(C)C(=O)Nc1ccccc1C#N. The maximum Gasteiger partial charge on any atom is 0.247 e. The molecule has 1 atom stereocenters. The van der Waals surface area contributed by atoms with Crippen molar-refractivity contribution in [1.82, 2.24) is 9.55 Å². The predicted octanol–water partition coefficient (Wildman–Crippen LogP) is 2.52. The largest absolute Gasteiger partial charge is 0.323 e. The Morgan fingerprint density at radius 1 is 1.50 bits per heavy atom. The highest BCUT2D eigenvalue weighted by molar-refractivity contribution is 5.94. The molecule has 1 heterocycles. The predicted molar refractivity (Wildman–Crippen MR) is 76.1 cm³/mol. The average Bonchev–Trinajstić information content (AvgIpc) is 2.95. The molecule has 1 unspecified atom stereocenters. The molecule has 1 amide bonds. The zero-order chi connectivity index (χ0) is 14.5. The number of aromatic nitrogens is 2. The van der Waals surface area contributed by atoms with Crippen LogP contribution in [-0.4, -0.2) is 15.5 Å². The van der Waals surface area contributed by atoms with Crippen LogP contribution in [0.2, 0.25) is 0 Å². The third-order valence-corrected chi connectivity index (χ3v) is 3.17. The number of rotatable bonds is 4. The van der Waals surface area contributed by atoms with Crippen LogP contribution in [0.25, 0.3) is 0 Å². The molecule has 0 spiro atoms. The molecule has 5 nitrogen and oxygen atoms in total. The average molecular weight is 268 g/mol. The number of aryl methyl sites for hydroxylation is 1. The van der Waals surface area contributed by atoms with Crippen LogP contribution in [0, 0.1) is 11.3 Å². The molecule has 0 aliphatic heterocycles. The van der Waals surface area contributed by atoms with E-state index >= 15 is 0 Å². The number of nitrogens with zero attached hydrogens (tertiary/aromatic N) is 3. The molecule has 1 aromatic heterocycles. The van der Waals surface area contributed by atoms with Gasteiger partial charge in [-0.15, -0.1) is 0 Å². The molecule has 0 aliphatic rings. The summed E-state index contributed by atoms with van der Waals surface area (Å²) in [6.07, 6.45) is 4.24. The first-order valence-electron chi connectivity index (χ1n) is 6.49. The molecule has 102 valence electrons. The Morgan fingerprint density at radius 3 is 2.95 bits per heavy atom. The van der Waals surface area contributed by atoms with Crippen molar-refractivity contribution in [2.24, 2.45) is 0 Å². The number of para-hydroxylation sites is 1. The van der Waals surface area contributed by atoms with Gasteiger partial charge in [-0.1, -0.05) is 19.1 Å². The third kappa shape index (κ3) is 2.69. The molecular formula is C15H16N4O. The van der Waals surface area contributed by atoms with Crippen molar-refractivity contribution in [3.63, 3.8) is 0 Å². The van der Waals surface area contributed by atoms with Gasteiger partial charge in [-0.05, 0) is 19.1 Å². The number of benzene rings is 1. The van der Waals surface area contributed by atoms with E-state index in [-0.39, 0.29) is 11.9 Å². The number of amides is 1. The first-order chi connectivity index (χ1) is 9.67. The molecule has 0 saturated carbocycles. The number of anilines is 1. The molecular weight excluding hydrogens is 252 g/mol. The van der Waals surface area contributed by atoms with E-state index in [1.807, 2.05) is 18.4 Å². The molecule has 1 aromatic carbocycles. The van der Waals surface area contributed by atoms with Gasteiger partial charge < -0.3 is 9.88 Å². The van der Waals surface area contributed by atoms with E-state index in [1.165, 1.54) is 0 Å². The van der Waals surface area contributed by atoms with E-state index in [0.717, 1.165) is 12.2 Å². The molecule has 0 radical (unpaired) electrons. The number of carbonyl (C=O) groups is 1. The fourth-order valence-electron chi connectivity index (χ4n) is 2.02. The second kappa shape index (κ2) is 6.02. The lowest BCUT2D eigenvalue weighted by molar-refractivity contribution is -0.118. The Hall–Kier alpha value is -2.61. The smallest absolute Gasteiger partial charge is 0.247 e. The number of hydrogen-bond donors (Lipinski definition) is 1. The molecule has 0 bridgehead atoms. The minimum absolute atomic E-state index is 0.166. The van der Waals surface area contributed by atoms with E-state index in [9.17, 15) is 4.79 Å². The van der Waals surface area contributed by atoms with Gasteiger partial charge in [0.15, 0.2) is 0 Å². The normalized spacial score (nSPS) is 11.7. The lowest BCUT2D eigenvalue weighted by Gasteiger charge is -2.16. The number of carbonyl (C=O) groups excluding carboxylic acids is 1. The van der Waals surface area contributed by atoms with E-state index in [2.05, 4.69) is 16.4 Å². The lowest BCUT2D eigenvalue weighted by Crippen LogP contribution is -2.24. The lowest BCUT2D eigenvalue weighted by atomic mass is 10.2. The summed E-state index contributed by atoms with van der Waals surface area (Å²) in [5, 5.41) is 11.8. The summed E-state index contributed by atoms with van der Waals surface area (Å²) >= 11 is 0. The Kier molecular flexibility index (Phi) is 4.16.